The molecule has 16 heavy (non-hydrogen) atoms. The molecule has 0 saturated carbocycles. The van der Waals surface area contributed by atoms with E-state index in [1.54, 1.807) is 6.92 Å². The summed E-state index contributed by atoms with van der Waals surface area (Å²) in [5.74, 6) is -0.586. The highest BCUT2D eigenvalue weighted by Gasteiger charge is 2.43. The first-order valence-corrected chi connectivity index (χ1v) is 4.98. The molecule has 0 amide bonds. The Kier molecular flexibility index (Phi) is 2.66. The van der Waals surface area contributed by atoms with Gasteiger partial charge in [0.05, 0.1) is 0 Å². The van der Waals surface area contributed by atoms with Crippen LogP contribution >= 0.6 is 0 Å². The molecular weight excluding hydrogens is 222 g/mol. The van der Waals surface area contributed by atoms with Crippen LogP contribution < -0.4 is 5.32 Å². The summed E-state index contributed by atoms with van der Waals surface area (Å²) in [4.78, 5) is 0. The summed E-state index contributed by atoms with van der Waals surface area (Å²) >= 11 is 0. The largest absolute Gasteiger partial charge is 0.407 e. The molecule has 0 radical (unpaired) electrons. The van der Waals surface area contributed by atoms with E-state index in [4.69, 9.17) is 0 Å². The van der Waals surface area contributed by atoms with Gasteiger partial charge in [0.15, 0.2) is 0 Å². The summed E-state index contributed by atoms with van der Waals surface area (Å²) in [6, 6.07) is 0.755. The van der Waals surface area contributed by atoms with E-state index in [2.05, 4.69) is 5.32 Å². The topological polar surface area (TPSA) is 12.0 Å². The van der Waals surface area contributed by atoms with Gasteiger partial charge in [0.2, 0.25) is 0 Å². The molecule has 1 nitrogen and oxygen atoms in total. The quantitative estimate of drug-likeness (QED) is 0.679. The number of fused-ring (bicyclic) bond motifs is 1. The molecule has 88 valence electrons. The van der Waals surface area contributed by atoms with Gasteiger partial charge in [0.25, 0.3) is 0 Å². The monoisotopic (exact) mass is 233 g/mol. The van der Waals surface area contributed by atoms with Crippen LogP contribution in [0.4, 0.5) is 17.6 Å². The van der Waals surface area contributed by atoms with Gasteiger partial charge in [0.1, 0.15) is 11.9 Å². The smallest absolute Gasteiger partial charge is 0.302 e. The van der Waals surface area contributed by atoms with E-state index in [-0.39, 0.29) is 12.1 Å². The van der Waals surface area contributed by atoms with Gasteiger partial charge >= 0.3 is 6.18 Å². The van der Waals surface area contributed by atoms with Crippen LogP contribution in [0.15, 0.2) is 12.1 Å². The van der Waals surface area contributed by atoms with E-state index in [1.807, 2.05) is 0 Å². The molecule has 1 aromatic carbocycles. The van der Waals surface area contributed by atoms with Gasteiger partial charge in [-0.15, -0.1) is 0 Å². The van der Waals surface area contributed by atoms with Crippen molar-refractivity contribution in [3.63, 3.8) is 0 Å². The average Bonchev–Trinajstić information content (AvgIpc) is 2.17. The van der Waals surface area contributed by atoms with Gasteiger partial charge in [-0.2, -0.15) is 13.2 Å². The Hall–Kier alpha value is -1.10. The first-order valence-electron chi connectivity index (χ1n) is 4.98. The molecule has 1 heterocycles. The van der Waals surface area contributed by atoms with Crippen LogP contribution in [0.3, 0.4) is 0 Å². The van der Waals surface area contributed by atoms with Gasteiger partial charge in [-0.3, -0.25) is 0 Å². The lowest BCUT2D eigenvalue weighted by molar-refractivity contribution is -0.158. The number of rotatable bonds is 0. The van der Waals surface area contributed by atoms with Crippen LogP contribution in [-0.4, -0.2) is 12.7 Å². The summed E-state index contributed by atoms with van der Waals surface area (Å²) in [7, 11) is 0. The van der Waals surface area contributed by atoms with E-state index < -0.39 is 18.0 Å². The molecule has 0 bridgehead atoms. The molecule has 1 aromatic rings. The van der Waals surface area contributed by atoms with Crippen LogP contribution in [0.25, 0.3) is 0 Å². The number of halogens is 4. The van der Waals surface area contributed by atoms with Crippen molar-refractivity contribution in [2.24, 2.45) is 0 Å². The van der Waals surface area contributed by atoms with Crippen LogP contribution in [0.1, 0.15) is 22.7 Å². The Morgan fingerprint density at radius 3 is 2.62 bits per heavy atom. The van der Waals surface area contributed by atoms with Crippen molar-refractivity contribution < 1.29 is 17.6 Å². The maximum absolute atomic E-state index is 13.3. The average molecular weight is 233 g/mol. The first-order chi connectivity index (χ1) is 7.39. The highest BCUT2D eigenvalue weighted by atomic mass is 19.4. The molecular formula is C11H11F4N. The Bertz CT molecular complexity index is 411. The normalized spacial score (nSPS) is 20.7. The highest BCUT2D eigenvalue weighted by molar-refractivity contribution is 5.37. The van der Waals surface area contributed by atoms with E-state index in [0.717, 1.165) is 6.07 Å². The van der Waals surface area contributed by atoms with Crippen molar-refractivity contribution in [2.75, 3.05) is 6.54 Å². The Morgan fingerprint density at radius 2 is 2.00 bits per heavy atom. The van der Waals surface area contributed by atoms with Gasteiger partial charge in [0, 0.05) is 6.54 Å². The standard InChI is InChI=1S/C11H11F4N/c1-6-4-7-2-3-16-10(11(13,14)15)8(7)5-9(6)12/h4-5,10,16H,2-3H2,1H3. The number of hydrogen-bond donors (Lipinski definition) is 1. The van der Waals surface area contributed by atoms with E-state index in [9.17, 15) is 17.6 Å². The minimum atomic E-state index is -4.38. The van der Waals surface area contributed by atoms with Gasteiger partial charge < -0.3 is 5.32 Å². The zero-order valence-corrected chi connectivity index (χ0v) is 8.66. The number of hydrogen-bond acceptors (Lipinski definition) is 1. The Balaban J connectivity index is 2.50. The number of nitrogens with one attached hydrogen (secondary N) is 1. The van der Waals surface area contributed by atoms with Gasteiger partial charge in [-0.05, 0) is 36.1 Å². The Morgan fingerprint density at radius 1 is 1.31 bits per heavy atom. The van der Waals surface area contributed by atoms with Crippen molar-refractivity contribution in [1.82, 2.24) is 5.32 Å². The molecule has 5 heteroatoms. The fourth-order valence-corrected chi connectivity index (χ4v) is 2.00. The molecule has 0 aromatic heterocycles. The lowest BCUT2D eigenvalue weighted by atomic mass is 9.92. The summed E-state index contributed by atoms with van der Waals surface area (Å²) in [5.41, 5.74) is 0.989. The second-order valence-electron chi connectivity index (χ2n) is 3.98. The fraction of sp³-hybridized carbons (Fsp3) is 0.455. The molecule has 1 aliphatic rings. The van der Waals surface area contributed by atoms with E-state index in [1.165, 1.54) is 6.07 Å². The van der Waals surface area contributed by atoms with Crippen LogP contribution in [0, 0.1) is 12.7 Å². The predicted molar refractivity (Wildman–Crippen MR) is 51.6 cm³/mol. The van der Waals surface area contributed by atoms with Crippen molar-refractivity contribution in [2.45, 2.75) is 25.6 Å². The third-order valence-corrected chi connectivity index (χ3v) is 2.80. The highest BCUT2D eigenvalue weighted by Crippen LogP contribution is 2.37. The zero-order chi connectivity index (χ0) is 11.9. The summed E-state index contributed by atoms with van der Waals surface area (Å²) in [5, 5.41) is 2.37. The van der Waals surface area contributed by atoms with Crippen LogP contribution in [-0.2, 0) is 6.42 Å². The summed E-state index contributed by atoms with van der Waals surface area (Å²) in [6.45, 7) is 1.82. The lowest BCUT2D eigenvalue weighted by Gasteiger charge is -2.29. The molecule has 0 saturated heterocycles. The number of aryl methyl sites for hydroxylation is 1. The molecule has 1 aliphatic heterocycles. The van der Waals surface area contributed by atoms with Crippen molar-refractivity contribution in [3.8, 4) is 0 Å². The molecule has 1 unspecified atom stereocenters. The maximum Gasteiger partial charge on any atom is 0.407 e. The van der Waals surface area contributed by atoms with E-state index in [0.29, 0.717) is 17.5 Å². The summed E-state index contributed by atoms with van der Waals surface area (Å²) in [6.07, 6.45) is -3.88. The minimum absolute atomic E-state index is 0.0156. The van der Waals surface area contributed by atoms with Crippen molar-refractivity contribution >= 4 is 0 Å². The zero-order valence-electron chi connectivity index (χ0n) is 8.66. The van der Waals surface area contributed by atoms with Gasteiger partial charge in [-0.1, -0.05) is 6.07 Å². The third-order valence-electron chi connectivity index (χ3n) is 2.80. The molecule has 0 aliphatic carbocycles. The van der Waals surface area contributed by atoms with E-state index >= 15 is 0 Å². The second-order valence-corrected chi connectivity index (χ2v) is 3.98. The lowest BCUT2D eigenvalue weighted by Crippen LogP contribution is -2.39. The van der Waals surface area contributed by atoms with Crippen molar-refractivity contribution in [1.29, 1.82) is 0 Å². The van der Waals surface area contributed by atoms with Crippen LogP contribution in [0.5, 0.6) is 0 Å². The second kappa shape index (κ2) is 3.73. The molecule has 1 atom stereocenters. The molecule has 0 fully saturated rings. The first kappa shape index (κ1) is 11.4. The molecule has 1 N–H and O–H groups in total. The van der Waals surface area contributed by atoms with Crippen molar-refractivity contribution in [3.05, 3.63) is 34.6 Å². The SMILES string of the molecule is Cc1cc2c(cc1F)C(C(F)(F)F)NCC2. The number of alkyl halides is 3. The molecule has 0 spiro atoms. The summed E-state index contributed by atoms with van der Waals surface area (Å²) < 4.78 is 51.3. The predicted octanol–water partition coefficient (Wildman–Crippen LogP) is 2.88. The fourth-order valence-electron chi connectivity index (χ4n) is 2.00. The maximum atomic E-state index is 13.3. The minimum Gasteiger partial charge on any atom is -0.302 e. The Labute approximate surface area is 90.5 Å². The number of benzene rings is 1. The third kappa shape index (κ3) is 1.91. The van der Waals surface area contributed by atoms with Crippen LogP contribution in [0.2, 0.25) is 0 Å². The van der Waals surface area contributed by atoms with Gasteiger partial charge in [-0.25, -0.2) is 4.39 Å². The molecule has 2 rings (SSSR count).